The molecular formula is C14H25NO4. The Kier molecular flexibility index (Phi) is 4.17. The average Bonchev–Trinajstić information content (AvgIpc) is 2.57. The number of nitrogens with zero attached hydrogens (tertiary/aromatic N) is 1. The van der Waals surface area contributed by atoms with Gasteiger partial charge in [-0.15, -0.1) is 0 Å². The molecule has 19 heavy (non-hydrogen) atoms. The number of carboxylic acid groups (broad SMARTS) is 1. The summed E-state index contributed by atoms with van der Waals surface area (Å²) in [6, 6.07) is -0.779. The highest BCUT2D eigenvalue weighted by Gasteiger charge is 2.45. The van der Waals surface area contributed by atoms with Gasteiger partial charge in [-0.3, -0.25) is 4.90 Å². The molecule has 5 heteroatoms. The number of likely N-dealkylation sites (tertiary alicyclic amines) is 1. The Bertz CT molecular complexity index is 365. The Hall–Kier alpha value is -1.26. The van der Waals surface area contributed by atoms with Gasteiger partial charge < -0.3 is 9.84 Å². The van der Waals surface area contributed by atoms with Gasteiger partial charge in [0.2, 0.25) is 0 Å². The van der Waals surface area contributed by atoms with Crippen LogP contribution in [0.1, 0.15) is 48.0 Å². The van der Waals surface area contributed by atoms with Gasteiger partial charge in [0.25, 0.3) is 0 Å². The minimum Gasteiger partial charge on any atom is -0.480 e. The first-order valence-corrected chi connectivity index (χ1v) is 6.64. The van der Waals surface area contributed by atoms with Gasteiger partial charge in [0.15, 0.2) is 0 Å². The Morgan fingerprint density at radius 1 is 1.16 bits per heavy atom. The second-order valence-electron chi connectivity index (χ2n) is 7.29. The Labute approximate surface area is 114 Å². The number of carboxylic acids is 1. The molecule has 0 saturated carbocycles. The topological polar surface area (TPSA) is 66.8 Å². The molecule has 0 aromatic heterocycles. The van der Waals surface area contributed by atoms with Crippen LogP contribution >= 0.6 is 0 Å². The average molecular weight is 271 g/mol. The number of hydrogen-bond donors (Lipinski definition) is 1. The fourth-order valence-electron chi connectivity index (χ4n) is 2.22. The number of amides is 1. The second kappa shape index (κ2) is 5.02. The molecule has 0 bridgehead atoms. The second-order valence-corrected chi connectivity index (χ2v) is 7.29. The van der Waals surface area contributed by atoms with Crippen molar-refractivity contribution in [3.8, 4) is 0 Å². The molecule has 1 aliphatic heterocycles. The SMILES string of the molecule is CC(C)(C)OC(=O)N1C[C@H](C(C)(C)C)C[C@H]1C(=O)O. The van der Waals surface area contributed by atoms with E-state index in [2.05, 4.69) is 20.8 Å². The molecule has 1 amide bonds. The number of ether oxygens (including phenoxy) is 1. The first kappa shape index (κ1) is 15.8. The van der Waals surface area contributed by atoms with Crippen LogP contribution in [0.2, 0.25) is 0 Å². The lowest BCUT2D eigenvalue weighted by atomic mass is 9.79. The highest BCUT2D eigenvalue weighted by atomic mass is 16.6. The largest absolute Gasteiger partial charge is 0.480 e. The summed E-state index contributed by atoms with van der Waals surface area (Å²) >= 11 is 0. The molecule has 1 rings (SSSR count). The monoisotopic (exact) mass is 271 g/mol. The molecule has 1 fully saturated rings. The Morgan fingerprint density at radius 2 is 1.68 bits per heavy atom. The van der Waals surface area contributed by atoms with Gasteiger partial charge in [-0.25, -0.2) is 9.59 Å². The van der Waals surface area contributed by atoms with E-state index in [1.807, 2.05) is 0 Å². The number of carbonyl (C=O) groups is 2. The van der Waals surface area contributed by atoms with Crippen molar-refractivity contribution in [1.82, 2.24) is 4.90 Å². The van der Waals surface area contributed by atoms with Crippen LogP contribution in [0.5, 0.6) is 0 Å². The first-order valence-electron chi connectivity index (χ1n) is 6.64. The predicted molar refractivity (Wildman–Crippen MR) is 71.9 cm³/mol. The van der Waals surface area contributed by atoms with Gasteiger partial charge in [0.05, 0.1) is 0 Å². The number of carbonyl (C=O) groups excluding carboxylic acids is 1. The van der Waals surface area contributed by atoms with Gasteiger partial charge in [0.1, 0.15) is 11.6 Å². The van der Waals surface area contributed by atoms with Crippen LogP contribution < -0.4 is 0 Å². The van der Waals surface area contributed by atoms with E-state index < -0.39 is 23.7 Å². The quantitative estimate of drug-likeness (QED) is 0.796. The standard InChI is InChI=1S/C14H25NO4/c1-13(2,3)9-7-10(11(16)17)15(8-9)12(18)19-14(4,5)6/h9-10H,7-8H2,1-6H3,(H,16,17)/t9-,10+/m1/s1. The van der Waals surface area contributed by atoms with Crippen LogP contribution in [-0.2, 0) is 9.53 Å². The van der Waals surface area contributed by atoms with Crippen molar-refractivity contribution in [2.75, 3.05) is 6.54 Å². The molecule has 1 heterocycles. The van der Waals surface area contributed by atoms with Gasteiger partial charge in [-0.05, 0) is 38.5 Å². The lowest BCUT2D eigenvalue weighted by molar-refractivity contribution is -0.142. The summed E-state index contributed by atoms with van der Waals surface area (Å²) in [7, 11) is 0. The van der Waals surface area contributed by atoms with Crippen LogP contribution in [0.3, 0.4) is 0 Å². The molecule has 0 aromatic carbocycles. The van der Waals surface area contributed by atoms with Gasteiger partial charge in [0, 0.05) is 6.54 Å². The fraction of sp³-hybridized carbons (Fsp3) is 0.857. The Balaban J connectivity index is 2.86. The molecule has 0 unspecified atom stereocenters. The van der Waals surface area contributed by atoms with Crippen molar-refractivity contribution in [2.24, 2.45) is 11.3 Å². The van der Waals surface area contributed by atoms with Gasteiger partial charge in [-0.2, -0.15) is 0 Å². The highest BCUT2D eigenvalue weighted by molar-refractivity contribution is 5.81. The lowest BCUT2D eigenvalue weighted by Crippen LogP contribution is -2.43. The first-order chi connectivity index (χ1) is 8.42. The van der Waals surface area contributed by atoms with Crippen molar-refractivity contribution in [3.05, 3.63) is 0 Å². The van der Waals surface area contributed by atoms with E-state index in [0.29, 0.717) is 13.0 Å². The molecule has 0 aromatic rings. The predicted octanol–water partition coefficient (Wildman–Crippen LogP) is 2.74. The summed E-state index contributed by atoms with van der Waals surface area (Å²) in [4.78, 5) is 24.7. The third-order valence-electron chi connectivity index (χ3n) is 3.44. The van der Waals surface area contributed by atoms with E-state index >= 15 is 0 Å². The molecule has 5 nitrogen and oxygen atoms in total. The van der Waals surface area contributed by atoms with E-state index in [1.165, 1.54) is 4.90 Å². The van der Waals surface area contributed by atoms with Gasteiger partial charge >= 0.3 is 12.1 Å². The van der Waals surface area contributed by atoms with E-state index in [4.69, 9.17) is 4.74 Å². The van der Waals surface area contributed by atoms with Crippen molar-refractivity contribution in [1.29, 1.82) is 0 Å². The van der Waals surface area contributed by atoms with Crippen LogP contribution in [-0.4, -0.2) is 40.3 Å². The Morgan fingerprint density at radius 3 is 2.05 bits per heavy atom. The summed E-state index contributed by atoms with van der Waals surface area (Å²) < 4.78 is 5.29. The summed E-state index contributed by atoms with van der Waals surface area (Å²) in [6.07, 6.45) is -0.0513. The summed E-state index contributed by atoms with van der Waals surface area (Å²) in [5, 5.41) is 9.26. The van der Waals surface area contributed by atoms with Crippen LogP contribution in [0.15, 0.2) is 0 Å². The van der Waals surface area contributed by atoms with Crippen molar-refractivity contribution in [2.45, 2.75) is 59.6 Å². The lowest BCUT2D eigenvalue weighted by Gasteiger charge is -2.28. The van der Waals surface area contributed by atoms with Crippen molar-refractivity contribution >= 4 is 12.1 Å². The minimum absolute atomic E-state index is 0.0234. The molecule has 0 aliphatic carbocycles. The van der Waals surface area contributed by atoms with E-state index in [1.54, 1.807) is 20.8 Å². The molecule has 1 saturated heterocycles. The smallest absolute Gasteiger partial charge is 0.411 e. The van der Waals surface area contributed by atoms with Crippen molar-refractivity contribution in [3.63, 3.8) is 0 Å². The summed E-state index contributed by atoms with van der Waals surface area (Å²) in [5.74, 6) is -0.793. The maximum Gasteiger partial charge on any atom is 0.411 e. The highest BCUT2D eigenvalue weighted by Crippen LogP contribution is 2.37. The molecule has 1 N–H and O–H groups in total. The zero-order chi connectivity index (χ0) is 15.0. The van der Waals surface area contributed by atoms with Crippen LogP contribution in [0.25, 0.3) is 0 Å². The van der Waals surface area contributed by atoms with Crippen molar-refractivity contribution < 1.29 is 19.4 Å². The molecule has 0 radical (unpaired) electrons. The number of rotatable bonds is 1. The number of hydrogen-bond acceptors (Lipinski definition) is 3. The third-order valence-corrected chi connectivity index (χ3v) is 3.44. The molecule has 1 aliphatic rings. The van der Waals surface area contributed by atoms with E-state index in [9.17, 15) is 14.7 Å². The van der Waals surface area contributed by atoms with Gasteiger partial charge in [-0.1, -0.05) is 20.8 Å². The summed E-state index contributed by atoms with van der Waals surface area (Å²) in [6.45, 7) is 12.0. The molecule has 2 atom stereocenters. The minimum atomic E-state index is -0.961. The van der Waals surface area contributed by atoms with Crippen LogP contribution in [0, 0.1) is 11.3 Å². The molecule has 110 valence electrons. The fourth-order valence-corrected chi connectivity index (χ4v) is 2.22. The normalized spacial score (nSPS) is 24.4. The zero-order valence-corrected chi connectivity index (χ0v) is 12.7. The van der Waals surface area contributed by atoms with E-state index in [0.717, 1.165) is 0 Å². The molecular weight excluding hydrogens is 246 g/mol. The maximum absolute atomic E-state index is 12.1. The summed E-state index contributed by atoms with van der Waals surface area (Å²) in [5.41, 5.74) is -0.635. The van der Waals surface area contributed by atoms with E-state index in [-0.39, 0.29) is 11.3 Å². The maximum atomic E-state index is 12.1. The number of aliphatic carboxylic acids is 1. The zero-order valence-electron chi connectivity index (χ0n) is 12.7. The third kappa shape index (κ3) is 4.11. The van der Waals surface area contributed by atoms with Crippen LogP contribution in [0.4, 0.5) is 4.79 Å². The molecule has 0 spiro atoms.